The molecule has 6 aromatic rings. The minimum atomic E-state index is 0.758. The van der Waals surface area contributed by atoms with Gasteiger partial charge in [-0.25, -0.2) is 4.99 Å². The van der Waals surface area contributed by atoms with Crippen molar-refractivity contribution >= 4 is 11.5 Å². The van der Waals surface area contributed by atoms with Gasteiger partial charge in [0.2, 0.25) is 11.4 Å². The lowest BCUT2D eigenvalue weighted by atomic mass is 9.99. The average molecular weight is 503 g/mol. The zero-order valence-corrected chi connectivity index (χ0v) is 21.5. The smallest absolute Gasteiger partial charge is 0.226 e. The topological polar surface area (TPSA) is 28.3 Å². The number of hydrogen-bond acceptors (Lipinski definition) is 1. The van der Waals surface area contributed by atoms with Gasteiger partial charge in [-0.15, -0.1) is 5.43 Å². The highest BCUT2D eigenvalue weighted by molar-refractivity contribution is 6.04. The van der Waals surface area contributed by atoms with Gasteiger partial charge in [-0.05, 0) is 47.5 Å². The Kier molecular flexibility index (Phi) is 7.04. The molecule has 39 heavy (non-hydrogen) atoms. The summed E-state index contributed by atoms with van der Waals surface area (Å²) in [5, 5.41) is 0. The first-order chi connectivity index (χ1) is 19.3. The molecule has 0 saturated carbocycles. The van der Waals surface area contributed by atoms with Crippen LogP contribution in [0.1, 0.15) is 5.56 Å². The molecule has 1 heterocycles. The van der Waals surface area contributed by atoms with E-state index in [2.05, 4.69) is 113 Å². The molecular formula is C36H28N3+. The predicted molar refractivity (Wildman–Crippen MR) is 161 cm³/mol. The molecule has 0 unspecified atom stereocenters. The Morgan fingerprint density at radius 1 is 0.436 bits per heavy atom. The van der Waals surface area contributed by atoms with Crippen molar-refractivity contribution in [2.24, 2.45) is 4.99 Å². The molecule has 1 aromatic heterocycles. The molecule has 1 N–H and O–H groups in total. The number of nitrogens with one attached hydrogen (secondary N) is 1. The monoisotopic (exact) mass is 502 g/mol. The highest BCUT2D eigenvalue weighted by Gasteiger charge is 2.25. The van der Waals surface area contributed by atoms with E-state index in [0.29, 0.717) is 0 Å². The van der Waals surface area contributed by atoms with Gasteiger partial charge in [-0.3, -0.25) is 0 Å². The summed E-state index contributed by atoms with van der Waals surface area (Å²) in [5.41, 5.74) is 12.2. The molecule has 0 atom stereocenters. The average Bonchev–Trinajstić information content (AvgIpc) is 3.03. The van der Waals surface area contributed by atoms with Crippen LogP contribution in [0.3, 0.4) is 0 Å². The molecule has 0 amide bonds. The SMILES string of the molecule is c1ccc(N=C(N[n+]2c(-c3ccccc3)cc(-c3ccccc3)cc2-c2ccccc2)c2ccccc2)cc1. The summed E-state index contributed by atoms with van der Waals surface area (Å²) in [6, 6.07) is 56.3. The summed E-state index contributed by atoms with van der Waals surface area (Å²) in [6.07, 6.45) is 0. The predicted octanol–water partition coefficient (Wildman–Crippen LogP) is 8.30. The Hall–Kier alpha value is -5.28. The maximum Gasteiger partial charge on any atom is 0.244 e. The fraction of sp³-hybridized carbons (Fsp3) is 0. The van der Waals surface area contributed by atoms with Gasteiger partial charge in [0, 0.05) is 28.8 Å². The van der Waals surface area contributed by atoms with Crippen LogP contribution in [0.15, 0.2) is 169 Å². The van der Waals surface area contributed by atoms with Gasteiger partial charge in [-0.1, -0.05) is 120 Å². The second-order valence-electron chi connectivity index (χ2n) is 9.22. The minimum Gasteiger partial charge on any atom is -0.226 e. The molecule has 0 fully saturated rings. The Labute approximate surface area is 229 Å². The van der Waals surface area contributed by atoms with Gasteiger partial charge in [0.05, 0.1) is 5.69 Å². The first kappa shape index (κ1) is 24.1. The number of nitrogens with zero attached hydrogens (tertiary/aromatic N) is 2. The van der Waals surface area contributed by atoms with Crippen LogP contribution in [0.2, 0.25) is 0 Å². The Bertz CT molecular complexity index is 1620. The first-order valence-corrected chi connectivity index (χ1v) is 13.1. The summed E-state index contributed by atoms with van der Waals surface area (Å²) in [7, 11) is 0. The Balaban J connectivity index is 1.61. The van der Waals surface area contributed by atoms with Crippen molar-refractivity contribution in [2.45, 2.75) is 0 Å². The maximum absolute atomic E-state index is 5.06. The van der Waals surface area contributed by atoms with E-state index < -0.39 is 0 Å². The number of rotatable bonds is 6. The minimum absolute atomic E-state index is 0.758. The molecule has 0 aliphatic heterocycles. The van der Waals surface area contributed by atoms with Gasteiger partial charge >= 0.3 is 0 Å². The zero-order valence-electron chi connectivity index (χ0n) is 21.5. The molecule has 0 saturated heterocycles. The molecule has 0 aliphatic rings. The number of aromatic nitrogens is 1. The molecule has 186 valence electrons. The van der Waals surface area contributed by atoms with Crippen molar-refractivity contribution < 1.29 is 4.68 Å². The van der Waals surface area contributed by atoms with E-state index in [1.165, 1.54) is 5.56 Å². The number of para-hydroxylation sites is 1. The van der Waals surface area contributed by atoms with Crippen molar-refractivity contribution in [3.8, 4) is 33.6 Å². The summed E-state index contributed by atoms with van der Waals surface area (Å²) < 4.78 is 2.16. The lowest BCUT2D eigenvalue weighted by molar-refractivity contribution is -0.617. The second-order valence-corrected chi connectivity index (χ2v) is 9.22. The number of aliphatic imine (C=N–C) groups is 1. The molecule has 5 aromatic carbocycles. The van der Waals surface area contributed by atoms with Crippen LogP contribution in [0.5, 0.6) is 0 Å². The van der Waals surface area contributed by atoms with Gasteiger partial charge in [-0.2, -0.15) is 0 Å². The van der Waals surface area contributed by atoms with Gasteiger partial charge < -0.3 is 0 Å². The van der Waals surface area contributed by atoms with Gasteiger partial charge in [0.15, 0.2) is 5.84 Å². The van der Waals surface area contributed by atoms with Gasteiger partial charge in [0.1, 0.15) is 0 Å². The van der Waals surface area contributed by atoms with Gasteiger partial charge in [0.25, 0.3) is 0 Å². The highest BCUT2D eigenvalue weighted by Crippen LogP contribution is 2.29. The summed E-state index contributed by atoms with van der Waals surface area (Å²) in [6.45, 7) is 0. The van der Waals surface area contributed by atoms with Crippen molar-refractivity contribution in [3.63, 3.8) is 0 Å². The van der Waals surface area contributed by atoms with Crippen LogP contribution in [-0.2, 0) is 0 Å². The third kappa shape index (κ3) is 5.53. The fourth-order valence-corrected chi connectivity index (χ4v) is 4.64. The van der Waals surface area contributed by atoms with E-state index in [1.807, 2.05) is 60.7 Å². The number of amidine groups is 1. The fourth-order valence-electron chi connectivity index (χ4n) is 4.64. The van der Waals surface area contributed by atoms with E-state index in [1.54, 1.807) is 0 Å². The Morgan fingerprint density at radius 2 is 0.846 bits per heavy atom. The maximum atomic E-state index is 5.06. The van der Waals surface area contributed by atoms with Crippen molar-refractivity contribution in [1.82, 2.24) is 0 Å². The number of pyridine rings is 1. The van der Waals surface area contributed by atoms with Crippen LogP contribution in [0, 0.1) is 0 Å². The van der Waals surface area contributed by atoms with E-state index in [9.17, 15) is 0 Å². The molecule has 3 heteroatoms. The molecule has 0 bridgehead atoms. The third-order valence-corrected chi connectivity index (χ3v) is 6.57. The quantitative estimate of drug-likeness (QED) is 0.138. The van der Waals surface area contributed by atoms with Crippen molar-refractivity contribution in [2.75, 3.05) is 5.43 Å². The highest BCUT2D eigenvalue weighted by atomic mass is 15.4. The van der Waals surface area contributed by atoms with Crippen LogP contribution in [-0.4, -0.2) is 5.84 Å². The molecular weight excluding hydrogens is 474 g/mol. The number of hydrogen-bond donors (Lipinski definition) is 1. The van der Waals surface area contributed by atoms with Crippen LogP contribution in [0.4, 0.5) is 5.69 Å². The van der Waals surface area contributed by atoms with Crippen LogP contribution < -0.4 is 10.1 Å². The lowest BCUT2D eigenvalue weighted by Crippen LogP contribution is -2.52. The molecule has 0 aliphatic carbocycles. The number of benzene rings is 5. The standard InChI is InChI=1S/C36H28N3/c1-6-16-28(17-7-1)32-26-34(29-18-8-2-9-19-29)39(35(27-32)30-20-10-3-11-21-30)38-36(31-22-12-4-13-23-31)37-33-24-14-5-15-25-33/h1-27H,(H,37,38)/q+1. The normalized spacial score (nSPS) is 11.2. The zero-order chi connectivity index (χ0) is 26.3. The van der Waals surface area contributed by atoms with E-state index in [0.717, 1.165) is 45.2 Å². The van der Waals surface area contributed by atoms with Crippen LogP contribution in [0.25, 0.3) is 33.6 Å². The molecule has 6 rings (SSSR count). The van der Waals surface area contributed by atoms with E-state index in [4.69, 9.17) is 4.99 Å². The summed E-state index contributed by atoms with van der Waals surface area (Å²) >= 11 is 0. The van der Waals surface area contributed by atoms with E-state index >= 15 is 0 Å². The molecule has 3 nitrogen and oxygen atoms in total. The summed E-state index contributed by atoms with van der Waals surface area (Å²) in [4.78, 5) is 5.06. The van der Waals surface area contributed by atoms with Crippen LogP contribution >= 0.6 is 0 Å². The third-order valence-electron chi connectivity index (χ3n) is 6.57. The second kappa shape index (κ2) is 11.4. The summed E-state index contributed by atoms with van der Waals surface area (Å²) in [5.74, 6) is 0.758. The van der Waals surface area contributed by atoms with Crippen molar-refractivity contribution in [3.05, 3.63) is 169 Å². The van der Waals surface area contributed by atoms with Crippen molar-refractivity contribution in [1.29, 1.82) is 0 Å². The largest absolute Gasteiger partial charge is 0.244 e. The molecule has 0 radical (unpaired) electrons. The Morgan fingerprint density at radius 3 is 1.33 bits per heavy atom. The molecule has 0 spiro atoms. The van der Waals surface area contributed by atoms with E-state index in [-0.39, 0.29) is 0 Å². The lowest BCUT2D eigenvalue weighted by Gasteiger charge is -2.14. The first-order valence-electron chi connectivity index (χ1n) is 13.1.